The highest BCUT2D eigenvalue weighted by Gasteiger charge is 1.98. The molecule has 0 fully saturated rings. The van der Waals surface area contributed by atoms with Gasteiger partial charge in [-0.3, -0.25) is 4.79 Å². The van der Waals surface area contributed by atoms with Gasteiger partial charge >= 0.3 is 11.9 Å². The molecule has 0 saturated heterocycles. The van der Waals surface area contributed by atoms with E-state index in [0.29, 0.717) is 12.2 Å². The number of rotatable bonds is 5. The third-order valence-electron chi connectivity index (χ3n) is 1.28. The molecule has 0 atom stereocenters. The van der Waals surface area contributed by atoms with Gasteiger partial charge in [-0.2, -0.15) is 0 Å². The first-order chi connectivity index (χ1) is 6.06. The standard InChI is InChI=1S/C8H13NO4/c1-6(5-8(12)13-2)9-4-3-7(10)11/h5,9H,3-4H2,1-2H3,(H,10,11). The SMILES string of the molecule is COC(=O)C=C(C)NCCC(=O)O. The smallest absolute Gasteiger partial charge is 0.332 e. The van der Waals surface area contributed by atoms with Gasteiger partial charge in [-0.25, -0.2) is 4.79 Å². The van der Waals surface area contributed by atoms with Gasteiger partial charge in [0.1, 0.15) is 0 Å². The molecule has 0 radical (unpaired) electrons. The van der Waals surface area contributed by atoms with Crippen LogP contribution in [-0.2, 0) is 14.3 Å². The largest absolute Gasteiger partial charge is 0.481 e. The number of ether oxygens (including phenoxy) is 1. The predicted molar refractivity (Wildman–Crippen MR) is 46.0 cm³/mol. The third kappa shape index (κ3) is 6.86. The van der Waals surface area contributed by atoms with Crippen LogP contribution in [0.3, 0.4) is 0 Å². The number of hydrogen-bond acceptors (Lipinski definition) is 4. The third-order valence-corrected chi connectivity index (χ3v) is 1.28. The van der Waals surface area contributed by atoms with Crippen molar-refractivity contribution in [3.8, 4) is 0 Å². The zero-order chi connectivity index (χ0) is 10.3. The Morgan fingerprint density at radius 1 is 1.54 bits per heavy atom. The van der Waals surface area contributed by atoms with Crippen molar-refractivity contribution in [3.05, 3.63) is 11.8 Å². The number of hydrogen-bond donors (Lipinski definition) is 2. The molecular formula is C8H13NO4. The molecule has 13 heavy (non-hydrogen) atoms. The monoisotopic (exact) mass is 187 g/mol. The summed E-state index contributed by atoms with van der Waals surface area (Å²) < 4.78 is 4.38. The van der Waals surface area contributed by atoms with Gasteiger partial charge in [0.25, 0.3) is 0 Å². The number of carbonyl (C=O) groups excluding carboxylic acids is 1. The van der Waals surface area contributed by atoms with Crippen LogP contribution in [0.4, 0.5) is 0 Å². The number of carboxylic acids is 1. The Morgan fingerprint density at radius 2 is 2.15 bits per heavy atom. The molecular weight excluding hydrogens is 174 g/mol. The van der Waals surface area contributed by atoms with E-state index in [0.717, 1.165) is 0 Å². The summed E-state index contributed by atoms with van der Waals surface area (Å²) in [5.74, 6) is -1.33. The maximum Gasteiger partial charge on any atom is 0.332 e. The second-order valence-corrected chi connectivity index (χ2v) is 2.42. The second-order valence-electron chi connectivity index (χ2n) is 2.42. The van der Waals surface area contributed by atoms with E-state index < -0.39 is 11.9 Å². The average molecular weight is 187 g/mol. The first-order valence-corrected chi connectivity index (χ1v) is 3.78. The molecule has 5 heteroatoms. The molecule has 0 bridgehead atoms. The predicted octanol–water partition coefficient (Wildman–Crippen LogP) is 0.127. The first-order valence-electron chi connectivity index (χ1n) is 3.78. The number of esters is 1. The van der Waals surface area contributed by atoms with Gasteiger partial charge in [-0.05, 0) is 6.92 Å². The quantitative estimate of drug-likeness (QED) is 0.472. The van der Waals surface area contributed by atoms with Crippen LogP contribution in [0.5, 0.6) is 0 Å². The minimum Gasteiger partial charge on any atom is -0.481 e. The first kappa shape index (κ1) is 11.5. The molecule has 0 rings (SSSR count). The van der Waals surface area contributed by atoms with E-state index in [9.17, 15) is 9.59 Å². The molecule has 0 unspecified atom stereocenters. The van der Waals surface area contributed by atoms with E-state index in [2.05, 4.69) is 10.1 Å². The maximum absolute atomic E-state index is 10.7. The zero-order valence-electron chi connectivity index (χ0n) is 7.66. The fourth-order valence-corrected chi connectivity index (χ4v) is 0.653. The summed E-state index contributed by atoms with van der Waals surface area (Å²) in [5.41, 5.74) is 0.591. The van der Waals surface area contributed by atoms with Crippen LogP contribution in [0.15, 0.2) is 11.8 Å². The van der Waals surface area contributed by atoms with E-state index in [-0.39, 0.29) is 6.42 Å². The van der Waals surface area contributed by atoms with Crippen molar-refractivity contribution in [1.29, 1.82) is 0 Å². The molecule has 0 aliphatic rings. The van der Waals surface area contributed by atoms with Gasteiger partial charge in [0, 0.05) is 18.3 Å². The van der Waals surface area contributed by atoms with Crippen molar-refractivity contribution >= 4 is 11.9 Å². The van der Waals surface area contributed by atoms with E-state index in [1.807, 2.05) is 0 Å². The van der Waals surface area contributed by atoms with Gasteiger partial charge in [0.2, 0.25) is 0 Å². The van der Waals surface area contributed by atoms with E-state index in [1.54, 1.807) is 6.92 Å². The van der Waals surface area contributed by atoms with Gasteiger partial charge in [-0.15, -0.1) is 0 Å². The number of aliphatic carboxylic acids is 1. The van der Waals surface area contributed by atoms with Crippen molar-refractivity contribution in [2.24, 2.45) is 0 Å². The van der Waals surface area contributed by atoms with E-state index >= 15 is 0 Å². The lowest BCUT2D eigenvalue weighted by Gasteiger charge is -2.03. The Hall–Kier alpha value is -1.52. The highest BCUT2D eigenvalue weighted by molar-refractivity contribution is 5.82. The molecule has 0 saturated carbocycles. The van der Waals surface area contributed by atoms with Crippen LogP contribution < -0.4 is 5.32 Å². The Kier molecular flexibility index (Phi) is 5.34. The molecule has 0 aromatic rings. The minimum absolute atomic E-state index is 0.0202. The summed E-state index contributed by atoms with van der Waals surface area (Å²) in [5, 5.41) is 11.1. The van der Waals surface area contributed by atoms with Crippen molar-refractivity contribution in [3.63, 3.8) is 0 Å². The average Bonchev–Trinajstić information content (AvgIpc) is 2.03. The molecule has 0 heterocycles. The number of nitrogens with one attached hydrogen (secondary N) is 1. The number of allylic oxidation sites excluding steroid dienone is 1. The van der Waals surface area contributed by atoms with Gasteiger partial charge < -0.3 is 15.2 Å². The van der Waals surface area contributed by atoms with Crippen LogP contribution in [0, 0.1) is 0 Å². The molecule has 2 N–H and O–H groups in total. The normalized spacial score (nSPS) is 10.8. The van der Waals surface area contributed by atoms with Crippen LogP contribution in [0.25, 0.3) is 0 Å². The Morgan fingerprint density at radius 3 is 2.62 bits per heavy atom. The van der Waals surface area contributed by atoms with Gasteiger partial charge in [-0.1, -0.05) is 0 Å². The van der Waals surface area contributed by atoms with E-state index in [1.165, 1.54) is 13.2 Å². The summed E-state index contributed by atoms with van der Waals surface area (Å²) in [7, 11) is 1.28. The molecule has 0 spiro atoms. The van der Waals surface area contributed by atoms with Gasteiger partial charge in [0.05, 0.1) is 13.5 Å². The Labute approximate surface area is 76.4 Å². The van der Waals surface area contributed by atoms with Crippen molar-refractivity contribution in [2.45, 2.75) is 13.3 Å². The fraction of sp³-hybridized carbons (Fsp3) is 0.500. The summed E-state index contributed by atoms with van der Waals surface area (Å²) in [6, 6.07) is 0. The van der Waals surface area contributed by atoms with Crippen molar-refractivity contribution in [1.82, 2.24) is 5.32 Å². The molecule has 0 aromatic heterocycles. The lowest BCUT2D eigenvalue weighted by Crippen LogP contribution is -2.17. The molecule has 0 aromatic carbocycles. The maximum atomic E-state index is 10.7. The van der Waals surface area contributed by atoms with Crippen LogP contribution >= 0.6 is 0 Å². The summed E-state index contributed by atoms with van der Waals surface area (Å²) in [6.45, 7) is 1.97. The lowest BCUT2D eigenvalue weighted by atomic mass is 10.4. The van der Waals surface area contributed by atoms with Crippen molar-refractivity contribution < 1.29 is 19.4 Å². The fourth-order valence-electron chi connectivity index (χ4n) is 0.653. The number of carboxylic acid groups (broad SMARTS) is 1. The highest BCUT2D eigenvalue weighted by atomic mass is 16.5. The Bertz CT molecular complexity index is 222. The molecule has 0 amide bonds. The van der Waals surface area contributed by atoms with Gasteiger partial charge in [0.15, 0.2) is 0 Å². The van der Waals surface area contributed by atoms with Crippen LogP contribution in [0.2, 0.25) is 0 Å². The zero-order valence-corrected chi connectivity index (χ0v) is 7.66. The van der Waals surface area contributed by atoms with Crippen molar-refractivity contribution in [2.75, 3.05) is 13.7 Å². The summed E-state index contributed by atoms with van der Waals surface area (Å²) in [4.78, 5) is 20.8. The molecule has 0 aliphatic carbocycles. The summed E-state index contributed by atoms with van der Waals surface area (Å²) in [6.07, 6.45) is 1.29. The molecule has 0 aliphatic heterocycles. The molecule has 74 valence electrons. The highest BCUT2D eigenvalue weighted by Crippen LogP contribution is 1.88. The summed E-state index contributed by atoms with van der Waals surface area (Å²) >= 11 is 0. The second kappa shape index (κ2) is 6.05. The van der Waals surface area contributed by atoms with Crippen LogP contribution in [0.1, 0.15) is 13.3 Å². The lowest BCUT2D eigenvalue weighted by molar-refractivity contribution is -0.137. The number of methoxy groups -OCH3 is 1. The van der Waals surface area contributed by atoms with E-state index in [4.69, 9.17) is 5.11 Å². The topological polar surface area (TPSA) is 75.6 Å². The number of carbonyl (C=O) groups is 2. The Balaban J connectivity index is 3.73. The minimum atomic E-state index is -0.877. The molecule has 5 nitrogen and oxygen atoms in total. The van der Waals surface area contributed by atoms with Crippen LogP contribution in [-0.4, -0.2) is 30.7 Å².